The topological polar surface area (TPSA) is 41.5 Å². The molecule has 0 amide bonds. The lowest BCUT2D eigenvalue weighted by Crippen LogP contribution is -2.24. The standard InChI is InChI=1S/C13H16ClNO2/c1-4-5-9(2)15-8-10-6-11(14)7-12(17-3)13(10)16/h1,6-7,9,15-16H,5,8H2,2-3H3. The summed E-state index contributed by atoms with van der Waals surface area (Å²) in [5, 5.41) is 13.6. The molecule has 1 atom stereocenters. The van der Waals surface area contributed by atoms with Gasteiger partial charge in [0.15, 0.2) is 11.5 Å². The third-order valence-corrected chi connectivity index (χ3v) is 2.62. The Morgan fingerprint density at radius 1 is 1.59 bits per heavy atom. The number of hydrogen-bond donors (Lipinski definition) is 2. The molecule has 0 heterocycles. The number of halogens is 1. The molecule has 0 spiro atoms. The van der Waals surface area contributed by atoms with Crippen molar-refractivity contribution >= 4 is 11.6 Å². The maximum absolute atomic E-state index is 9.89. The smallest absolute Gasteiger partial charge is 0.162 e. The van der Waals surface area contributed by atoms with Crippen molar-refractivity contribution in [1.29, 1.82) is 0 Å². The van der Waals surface area contributed by atoms with Gasteiger partial charge in [-0.15, -0.1) is 12.3 Å². The first-order valence-electron chi connectivity index (χ1n) is 5.30. The fourth-order valence-corrected chi connectivity index (χ4v) is 1.68. The molecule has 2 N–H and O–H groups in total. The Hall–Kier alpha value is -1.37. The largest absolute Gasteiger partial charge is 0.504 e. The first kappa shape index (κ1) is 13.7. The number of methoxy groups -OCH3 is 1. The molecule has 1 rings (SSSR count). The monoisotopic (exact) mass is 253 g/mol. The Bertz CT molecular complexity index is 426. The van der Waals surface area contributed by atoms with Gasteiger partial charge in [-0.2, -0.15) is 0 Å². The molecule has 4 heteroatoms. The van der Waals surface area contributed by atoms with Crippen LogP contribution in [0.15, 0.2) is 12.1 Å². The van der Waals surface area contributed by atoms with Gasteiger partial charge in [0.05, 0.1) is 7.11 Å². The normalized spacial score (nSPS) is 11.9. The summed E-state index contributed by atoms with van der Waals surface area (Å²) in [5.74, 6) is 3.06. The van der Waals surface area contributed by atoms with Gasteiger partial charge in [0.25, 0.3) is 0 Å². The predicted molar refractivity (Wildman–Crippen MR) is 69.4 cm³/mol. The fourth-order valence-electron chi connectivity index (χ4n) is 1.45. The average molecular weight is 254 g/mol. The van der Waals surface area contributed by atoms with E-state index < -0.39 is 0 Å². The molecule has 92 valence electrons. The molecule has 0 aliphatic carbocycles. The van der Waals surface area contributed by atoms with Gasteiger partial charge in [-0.25, -0.2) is 0 Å². The Kier molecular flexibility index (Phi) is 5.14. The van der Waals surface area contributed by atoms with Crippen molar-refractivity contribution in [1.82, 2.24) is 5.32 Å². The van der Waals surface area contributed by atoms with Crippen LogP contribution in [0.3, 0.4) is 0 Å². The van der Waals surface area contributed by atoms with Crippen LogP contribution in [0.5, 0.6) is 11.5 Å². The van der Waals surface area contributed by atoms with Crippen molar-refractivity contribution in [2.75, 3.05) is 7.11 Å². The minimum absolute atomic E-state index is 0.109. The molecule has 1 unspecified atom stereocenters. The van der Waals surface area contributed by atoms with Gasteiger partial charge in [0.1, 0.15) is 0 Å². The molecule has 1 aromatic rings. The van der Waals surface area contributed by atoms with E-state index in [1.54, 1.807) is 12.1 Å². The molecule has 3 nitrogen and oxygen atoms in total. The lowest BCUT2D eigenvalue weighted by atomic mass is 10.1. The van der Waals surface area contributed by atoms with E-state index in [2.05, 4.69) is 11.2 Å². The van der Waals surface area contributed by atoms with E-state index in [1.807, 2.05) is 6.92 Å². The molecule has 1 aromatic carbocycles. The number of phenols is 1. The number of nitrogens with one attached hydrogen (secondary N) is 1. The number of phenolic OH excluding ortho intramolecular Hbond substituents is 1. The highest BCUT2D eigenvalue weighted by atomic mass is 35.5. The van der Waals surface area contributed by atoms with Gasteiger partial charge in [-0.1, -0.05) is 11.6 Å². The average Bonchev–Trinajstić information content (AvgIpc) is 2.30. The highest BCUT2D eigenvalue weighted by molar-refractivity contribution is 6.30. The minimum atomic E-state index is 0.109. The van der Waals surface area contributed by atoms with Crippen LogP contribution in [-0.2, 0) is 6.54 Å². The Morgan fingerprint density at radius 3 is 2.88 bits per heavy atom. The highest BCUT2D eigenvalue weighted by Crippen LogP contribution is 2.33. The summed E-state index contributed by atoms with van der Waals surface area (Å²) < 4.78 is 5.03. The van der Waals surface area contributed by atoms with Crippen molar-refractivity contribution in [3.63, 3.8) is 0 Å². The zero-order valence-electron chi connectivity index (χ0n) is 9.96. The Balaban J connectivity index is 2.77. The SMILES string of the molecule is C#CCC(C)NCc1cc(Cl)cc(OC)c1O. The van der Waals surface area contributed by atoms with Gasteiger partial charge in [0.2, 0.25) is 0 Å². The first-order chi connectivity index (χ1) is 8.08. The summed E-state index contributed by atoms with van der Waals surface area (Å²) in [6, 6.07) is 3.46. The molecular formula is C13H16ClNO2. The summed E-state index contributed by atoms with van der Waals surface area (Å²) in [6.45, 7) is 2.48. The minimum Gasteiger partial charge on any atom is -0.504 e. The molecule has 0 saturated carbocycles. The van der Waals surface area contributed by atoms with Crippen molar-refractivity contribution in [3.8, 4) is 23.8 Å². The summed E-state index contributed by atoms with van der Waals surface area (Å²) in [4.78, 5) is 0. The number of benzene rings is 1. The van der Waals surface area contributed by atoms with E-state index >= 15 is 0 Å². The van der Waals surface area contributed by atoms with Crippen molar-refractivity contribution in [2.45, 2.75) is 25.9 Å². The second kappa shape index (κ2) is 6.39. The van der Waals surface area contributed by atoms with E-state index in [0.29, 0.717) is 29.3 Å². The van der Waals surface area contributed by atoms with Gasteiger partial charge in [0, 0.05) is 35.7 Å². The predicted octanol–water partition coefficient (Wildman–Crippen LogP) is 2.56. The quantitative estimate of drug-likeness (QED) is 0.793. The second-order valence-corrected chi connectivity index (χ2v) is 4.24. The van der Waals surface area contributed by atoms with Gasteiger partial charge < -0.3 is 15.2 Å². The maximum atomic E-state index is 9.89. The van der Waals surface area contributed by atoms with Crippen LogP contribution in [-0.4, -0.2) is 18.3 Å². The summed E-state index contributed by atoms with van der Waals surface area (Å²) in [7, 11) is 1.49. The first-order valence-corrected chi connectivity index (χ1v) is 5.68. The van der Waals surface area contributed by atoms with E-state index in [0.717, 1.165) is 0 Å². The van der Waals surface area contributed by atoms with Crippen LogP contribution in [0.1, 0.15) is 18.9 Å². The van der Waals surface area contributed by atoms with Gasteiger partial charge in [-0.05, 0) is 13.0 Å². The zero-order chi connectivity index (χ0) is 12.8. The van der Waals surface area contributed by atoms with E-state index in [1.165, 1.54) is 7.11 Å². The van der Waals surface area contributed by atoms with Crippen molar-refractivity contribution < 1.29 is 9.84 Å². The zero-order valence-corrected chi connectivity index (χ0v) is 10.7. The van der Waals surface area contributed by atoms with Crippen LogP contribution < -0.4 is 10.1 Å². The van der Waals surface area contributed by atoms with Gasteiger partial charge >= 0.3 is 0 Å². The Morgan fingerprint density at radius 2 is 2.29 bits per heavy atom. The third-order valence-electron chi connectivity index (χ3n) is 2.40. The summed E-state index contributed by atoms with van der Waals surface area (Å²) >= 11 is 5.93. The van der Waals surface area contributed by atoms with Crippen LogP contribution in [0.25, 0.3) is 0 Å². The molecule has 0 bridgehead atoms. The Labute approximate surface area is 107 Å². The third kappa shape index (κ3) is 3.85. The van der Waals surface area contributed by atoms with E-state index in [-0.39, 0.29) is 11.8 Å². The number of rotatable bonds is 5. The molecule has 0 saturated heterocycles. The van der Waals surface area contributed by atoms with Crippen molar-refractivity contribution in [3.05, 3.63) is 22.7 Å². The molecule has 17 heavy (non-hydrogen) atoms. The number of hydrogen-bond acceptors (Lipinski definition) is 3. The van der Waals surface area contributed by atoms with Crippen LogP contribution >= 0.6 is 11.6 Å². The fraction of sp³-hybridized carbons (Fsp3) is 0.385. The number of aromatic hydroxyl groups is 1. The molecule has 0 fully saturated rings. The van der Waals surface area contributed by atoms with E-state index in [4.69, 9.17) is 22.8 Å². The molecule has 0 aliphatic rings. The summed E-state index contributed by atoms with van der Waals surface area (Å²) in [6.07, 6.45) is 5.85. The van der Waals surface area contributed by atoms with Crippen LogP contribution in [0.2, 0.25) is 5.02 Å². The summed E-state index contributed by atoms with van der Waals surface area (Å²) in [5.41, 5.74) is 0.693. The molecular weight excluding hydrogens is 238 g/mol. The molecule has 0 radical (unpaired) electrons. The lowest BCUT2D eigenvalue weighted by molar-refractivity contribution is 0.369. The number of terminal acetylenes is 1. The van der Waals surface area contributed by atoms with Crippen LogP contribution in [0, 0.1) is 12.3 Å². The second-order valence-electron chi connectivity index (χ2n) is 3.81. The van der Waals surface area contributed by atoms with Gasteiger partial charge in [-0.3, -0.25) is 0 Å². The maximum Gasteiger partial charge on any atom is 0.162 e. The molecule has 0 aliphatic heterocycles. The van der Waals surface area contributed by atoms with Crippen molar-refractivity contribution in [2.24, 2.45) is 0 Å². The molecule has 0 aromatic heterocycles. The number of ether oxygens (including phenoxy) is 1. The lowest BCUT2D eigenvalue weighted by Gasteiger charge is -2.13. The highest BCUT2D eigenvalue weighted by Gasteiger charge is 2.10. The van der Waals surface area contributed by atoms with E-state index in [9.17, 15) is 5.11 Å². The van der Waals surface area contributed by atoms with Crippen LogP contribution in [0.4, 0.5) is 0 Å².